The van der Waals surface area contributed by atoms with Crippen LogP contribution in [0.2, 0.25) is 5.28 Å². The number of hydrogen-bond acceptors (Lipinski definition) is 5. The number of carbonyl (C=O) groups excluding carboxylic acids is 1. The Morgan fingerprint density at radius 3 is 2.95 bits per heavy atom. The molecule has 7 nitrogen and oxygen atoms in total. The van der Waals surface area contributed by atoms with Gasteiger partial charge in [0.1, 0.15) is 5.82 Å². The summed E-state index contributed by atoms with van der Waals surface area (Å²) in [6, 6.07) is 0. The van der Waals surface area contributed by atoms with Gasteiger partial charge in [-0.1, -0.05) is 0 Å². The van der Waals surface area contributed by atoms with Crippen molar-refractivity contribution in [3.63, 3.8) is 0 Å². The first-order chi connectivity index (χ1) is 9.15. The Morgan fingerprint density at radius 2 is 2.26 bits per heavy atom. The minimum atomic E-state index is -0.0595. The molecule has 2 N–H and O–H groups in total. The van der Waals surface area contributed by atoms with E-state index in [0.717, 1.165) is 5.39 Å². The second-order valence-electron chi connectivity index (χ2n) is 3.92. The molecule has 102 valence electrons. The van der Waals surface area contributed by atoms with Crippen LogP contribution in [0.5, 0.6) is 0 Å². The highest BCUT2D eigenvalue weighted by atomic mass is 35.5. The van der Waals surface area contributed by atoms with Crippen molar-refractivity contribution in [1.29, 1.82) is 0 Å². The van der Waals surface area contributed by atoms with Gasteiger partial charge in [0.2, 0.25) is 11.2 Å². The number of amides is 1. The molecule has 2 heterocycles. The Kier molecular flexibility index (Phi) is 4.16. The highest BCUT2D eigenvalue weighted by Crippen LogP contribution is 2.23. The second kappa shape index (κ2) is 5.83. The summed E-state index contributed by atoms with van der Waals surface area (Å²) < 4.78 is 0. The minimum Gasteiger partial charge on any atom is -0.355 e. The molecule has 0 saturated heterocycles. The molecule has 0 aromatic carbocycles. The topological polar surface area (TPSA) is 86.8 Å². The van der Waals surface area contributed by atoms with Crippen LogP contribution in [0.4, 0.5) is 5.82 Å². The van der Waals surface area contributed by atoms with Crippen molar-refractivity contribution in [2.24, 2.45) is 0 Å². The summed E-state index contributed by atoms with van der Waals surface area (Å²) in [7, 11) is 0. The largest absolute Gasteiger partial charge is 0.355 e. The number of aromatic amines is 1. The number of nitrogens with one attached hydrogen (secondary N) is 2. The van der Waals surface area contributed by atoms with E-state index in [0.29, 0.717) is 24.6 Å². The number of aromatic nitrogens is 4. The van der Waals surface area contributed by atoms with Crippen LogP contribution in [0.3, 0.4) is 0 Å². The monoisotopic (exact) mass is 282 g/mol. The maximum Gasteiger partial charge on any atom is 0.239 e. The molecule has 0 aliphatic rings. The normalized spacial score (nSPS) is 10.7. The average molecular weight is 283 g/mol. The van der Waals surface area contributed by atoms with Crippen molar-refractivity contribution >= 4 is 34.4 Å². The molecule has 0 saturated carbocycles. The zero-order valence-corrected chi connectivity index (χ0v) is 11.5. The Balaban J connectivity index is 2.34. The average Bonchev–Trinajstić information content (AvgIpc) is 2.83. The summed E-state index contributed by atoms with van der Waals surface area (Å²) >= 11 is 5.88. The van der Waals surface area contributed by atoms with E-state index in [9.17, 15) is 4.79 Å². The molecule has 0 atom stereocenters. The molecule has 0 radical (unpaired) electrons. The third-order valence-corrected chi connectivity index (χ3v) is 2.82. The number of nitrogens with zero attached hydrogens (tertiary/aromatic N) is 4. The van der Waals surface area contributed by atoms with E-state index in [-0.39, 0.29) is 17.7 Å². The van der Waals surface area contributed by atoms with Crippen LogP contribution in [0.1, 0.15) is 13.8 Å². The van der Waals surface area contributed by atoms with Gasteiger partial charge >= 0.3 is 0 Å². The van der Waals surface area contributed by atoms with E-state index >= 15 is 0 Å². The Bertz CT molecular complexity index is 584. The van der Waals surface area contributed by atoms with Crippen LogP contribution in [-0.4, -0.2) is 45.7 Å². The number of fused-ring (bicyclic) bond motifs is 1. The maximum atomic E-state index is 11.7. The van der Waals surface area contributed by atoms with Gasteiger partial charge in [0.05, 0.1) is 18.1 Å². The van der Waals surface area contributed by atoms with Crippen LogP contribution in [0.25, 0.3) is 11.0 Å². The number of anilines is 1. The molecule has 19 heavy (non-hydrogen) atoms. The molecule has 0 spiro atoms. The van der Waals surface area contributed by atoms with Gasteiger partial charge in [0.15, 0.2) is 5.65 Å². The second-order valence-corrected chi connectivity index (χ2v) is 4.25. The van der Waals surface area contributed by atoms with E-state index in [4.69, 9.17) is 11.6 Å². The number of halogens is 1. The smallest absolute Gasteiger partial charge is 0.239 e. The van der Waals surface area contributed by atoms with Crippen LogP contribution < -0.4 is 10.2 Å². The van der Waals surface area contributed by atoms with Crippen molar-refractivity contribution in [2.75, 3.05) is 24.5 Å². The number of hydrogen-bond donors (Lipinski definition) is 2. The van der Waals surface area contributed by atoms with Crippen LogP contribution >= 0.6 is 11.6 Å². The van der Waals surface area contributed by atoms with Crippen LogP contribution in [-0.2, 0) is 4.79 Å². The van der Waals surface area contributed by atoms with Crippen LogP contribution in [0.15, 0.2) is 6.20 Å². The lowest BCUT2D eigenvalue weighted by Crippen LogP contribution is -2.37. The van der Waals surface area contributed by atoms with Gasteiger partial charge in [-0.2, -0.15) is 15.1 Å². The molecule has 0 aliphatic carbocycles. The summed E-state index contributed by atoms with van der Waals surface area (Å²) in [5.41, 5.74) is 0.560. The van der Waals surface area contributed by atoms with E-state index < -0.39 is 0 Å². The SMILES string of the molecule is CCNC(=O)CN(CC)c1nc(Cl)nc2[nH]ncc12. The lowest BCUT2D eigenvalue weighted by Gasteiger charge is -2.21. The predicted octanol–water partition coefficient (Wildman–Crippen LogP) is 0.969. The third kappa shape index (κ3) is 2.93. The first-order valence-corrected chi connectivity index (χ1v) is 6.41. The van der Waals surface area contributed by atoms with Crippen molar-refractivity contribution in [3.8, 4) is 0 Å². The number of likely N-dealkylation sites (N-methyl/N-ethyl adjacent to an activating group) is 2. The molecule has 2 aromatic heterocycles. The first kappa shape index (κ1) is 13.5. The van der Waals surface area contributed by atoms with Gasteiger partial charge in [-0.05, 0) is 25.4 Å². The highest BCUT2D eigenvalue weighted by Gasteiger charge is 2.16. The fourth-order valence-corrected chi connectivity index (χ4v) is 1.96. The Morgan fingerprint density at radius 1 is 1.47 bits per heavy atom. The Hall–Kier alpha value is -1.89. The molecular formula is C11H15ClN6O. The van der Waals surface area contributed by atoms with E-state index in [1.807, 2.05) is 18.7 Å². The molecular weight excluding hydrogens is 268 g/mol. The lowest BCUT2D eigenvalue weighted by molar-refractivity contribution is -0.119. The zero-order chi connectivity index (χ0) is 13.8. The molecule has 1 amide bonds. The predicted molar refractivity (Wildman–Crippen MR) is 73.3 cm³/mol. The number of rotatable bonds is 5. The molecule has 2 aromatic rings. The van der Waals surface area contributed by atoms with Gasteiger partial charge in [0, 0.05) is 13.1 Å². The van der Waals surface area contributed by atoms with E-state index in [2.05, 4.69) is 25.5 Å². The van der Waals surface area contributed by atoms with Crippen molar-refractivity contribution < 1.29 is 4.79 Å². The van der Waals surface area contributed by atoms with Gasteiger partial charge in [-0.25, -0.2) is 0 Å². The molecule has 8 heteroatoms. The molecule has 0 unspecified atom stereocenters. The quantitative estimate of drug-likeness (QED) is 0.798. The number of carbonyl (C=O) groups is 1. The minimum absolute atomic E-state index is 0.0595. The van der Waals surface area contributed by atoms with Crippen molar-refractivity contribution in [3.05, 3.63) is 11.5 Å². The van der Waals surface area contributed by atoms with Gasteiger partial charge in [-0.3, -0.25) is 9.89 Å². The summed E-state index contributed by atoms with van der Waals surface area (Å²) in [6.45, 7) is 5.27. The Labute approximate surface area is 115 Å². The number of H-pyrrole nitrogens is 1. The summed E-state index contributed by atoms with van der Waals surface area (Å²) in [6.07, 6.45) is 1.63. The highest BCUT2D eigenvalue weighted by molar-refractivity contribution is 6.28. The maximum absolute atomic E-state index is 11.7. The third-order valence-electron chi connectivity index (χ3n) is 2.65. The van der Waals surface area contributed by atoms with Crippen molar-refractivity contribution in [1.82, 2.24) is 25.5 Å². The molecule has 0 aliphatic heterocycles. The van der Waals surface area contributed by atoms with E-state index in [1.54, 1.807) is 6.20 Å². The first-order valence-electron chi connectivity index (χ1n) is 6.04. The lowest BCUT2D eigenvalue weighted by atomic mass is 10.3. The molecule has 0 bridgehead atoms. The van der Waals surface area contributed by atoms with Crippen molar-refractivity contribution in [2.45, 2.75) is 13.8 Å². The van der Waals surface area contributed by atoms with Crippen LogP contribution in [0, 0.1) is 0 Å². The molecule has 0 fully saturated rings. The fourth-order valence-electron chi connectivity index (χ4n) is 1.80. The molecule has 2 rings (SSSR count). The van der Waals surface area contributed by atoms with E-state index in [1.165, 1.54) is 0 Å². The summed E-state index contributed by atoms with van der Waals surface area (Å²) in [5, 5.41) is 10.3. The summed E-state index contributed by atoms with van der Waals surface area (Å²) in [5.74, 6) is 0.549. The summed E-state index contributed by atoms with van der Waals surface area (Å²) in [4.78, 5) is 21.8. The standard InChI is InChI=1S/C11H15ClN6O/c1-3-13-8(19)6-18(4-2)10-7-5-14-17-9(7)15-11(12)16-10/h5H,3-4,6H2,1-2H3,(H,13,19)(H,14,15,16,17). The van der Waals surface area contributed by atoms with Gasteiger partial charge in [0.25, 0.3) is 0 Å². The zero-order valence-electron chi connectivity index (χ0n) is 10.8. The fraction of sp³-hybridized carbons (Fsp3) is 0.455. The van der Waals surface area contributed by atoms with Gasteiger partial charge in [-0.15, -0.1) is 0 Å². The van der Waals surface area contributed by atoms with Gasteiger partial charge < -0.3 is 10.2 Å².